The largest absolute Gasteiger partial charge is 0.378 e. The summed E-state index contributed by atoms with van der Waals surface area (Å²) in [6.07, 6.45) is 0. The number of hydrogen-bond donors (Lipinski definition) is 2. The van der Waals surface area contributed by atoms with Crippen LogP contribution >= 0.6 is 0 Å². The van der Waals surface area contributed by atoms with Crippen LogP contribution in [0.15, 0.2) is 24.3 Å². The molecule has 0 saturated heterocycles. The van der Waals surface area contributed by atoms with Crippen LogP contribution in [0.5, 0.6) is 0 Å². The summed E-state index contributed by atoms with van der Waals surface area (Å²) in [5.41, 5.74) is 2.26. The maximum atomic E-state index is 11.2. The molecule has 4 heteroatoms. The van der Waals surface area contributed by atoms with Crippen LogP contribution in [-0.4, -0.2) is 33.6 Å². The van der Waals surface area contributed by atoms with E-state index in [1.807, 2.05) is 43.3 Å². The molecule has 2 N–H and O–H groups in total. The highest BCUT2D eigenvalue weighted by molar-refractivity contribution is 5.77. The Morgan fingerprint density at radius 2 is 1.88 bits per heavy atom. The second kappa shape index (κ2) is 6.12. The molecule has 88 valence electrons. The third kappa shape index (κ3) is 3.90. The summed E-state index contributed by atoms with van der Waals surface area (Å²) < 4.78 is 0. The van der Waals surface area contributed by atoms with E-state index < -0.39 is 0 Å². The molecule has 0 aromatic heterocycles. The number of carbonyl (C=O) groups is 1. The average Bonchev–Trinajstić information content (AvgIpc) is 2.27. The summed E-state index contributed by atoms with van der Waals surface area (Å²) in [4.78, 5) is 13.3. The minimum atomic E-state index is 0.0131. The van der Waals surface area contributed by atoms with Crippen LogP contribution in [-0.2, 0) is 11.3 Å². The molecule has 0 atom stereocenters. The van der Waals surface area contributed by atoms with Gasteiger partial charge in [0.05, 0.1) is 6.54 Å². The van der Waals surface area contributed by atoms with E-state index in [0.29, 0.717) is 13.1 Å². The van der Waals surface area contributed by atoms with Gasteiger partial charge < -0.3 is 15.5 Å². The molecule has 0 radical (unpaired) electrons. The number of anilines is 1. The van der Waals surface area contributed by atoms with Crippen molar-refractivity contribution in [2.24, 2.45) is 0 Å². The maximum Gasteiger partial charge on any atom is 0.234 e. The van der Waals surface area contributed by atoms with Gasteiger partial charge in [0, 0.05) is 26.3 Å². The van der Waals surface area contributed by atoms with E-state index in [4.69, 9.17) is 0 Å². The predicted molar refractivity (Wildman–Crippen MR) is 66.5 cm³/mol. The zero-order valence-corrected chi connectivity index (χ0v) is 10.1. The highest BCUT2D eigenvalue weighted by Crippen LogP contribution is 2.11. The van der Waals surface area contributed by atoms with Crippen LogP contribution in [0, 0.1) is 0 Å². The van der Waals surface area contributed by atoms with Gasteiger partial charge in [0.1, 0.15) is 0 Å². The molecule has 0 aliphatic heterocycles. The van der Waals surface area contributed by atoms with E-state index in [0.717, 1.165) is 11.3 Å². The molecule has 0 saturated carbocycles. The normalized spacial score (nSPS) is 9.94. The summed E-state index contributed by atoms with van der Waals surface area (Å²) >= 11 is 0. The Bertz CT molecular complexity index is 333. The molecule has 0 spiro atoms. The molecule has 1 aromatic carbocycles. The van der Waals surface area contributed by atoms with Crippen LogP contribution in [0.2, 0.25) is 0 Å². The maximum absolute atomic E-state index is 11.2. The summed E-state index contributed by atoms with van der Waals surface area (Å²) in [6.45, 7) is 0.935. The quantitative estimate of drug-likeness (QED) is 0.765. The number of amides is 1. The Morgan fingerprint density at radius 1 is 1.25 bits per heavy atom. The summed E-state index contributed by atoms with van der Waals surface area (Å²) in [6, 6.07) is 8.13. The van der Waals surface area contributed by atoms with E-state index in [1.54, 1.807) is 7.05 Å². The minimum absolute atomic E-state index is 0.0131. The predicted octanol–water partition coefficient (Wildman–Crippen LogP) is 0.588. The molecule has 0 aliphatic carbocycles. The molecule has 16 heavy (non-hydrogen) atoms. The zero-order valence-electron chi connectivity index (χ0n) is 10.1. The van der Waals surface area contributed by atoms with E-state index >= 15 is 0 Å². The average molecular weight is 221 g/mol. The third-order valence-corrected chi connectivity index (χ3v) is 2.28. The first-order valence-electron chi connectivity index (χ1n) is 5.31. The van der Waals surface area contributed by atoms with Gasteiger partial charge in [-0.3, -0.25) is 4.79 Å². The fraction of sp³-hybridized carbons (Fsp3) is 0.417. The number of benzene rings is 1. The number of carbonyl (C=O) groups excluding carboxylic acids is 1. The molecule has 0 unspecified atom stereocenters. The van der Waals surface area contributed by atoms with Gasteiger partial charge in [-0.2, -0.15) is 0 Å². The van der Waals surface area contributed by atoms with Gasteiger partial charge in [-0.15, -0.1) is 0 Å². The molecule has 4 nitrogen and oxygen atoms in total. The van der Waals surface area contributed by atoms with E-state index in [1.165, 1.54) is 0 Å². The third-order valence-electron chi connectivity index (χ3n) is 2.28. The second-order valence-electron chi connectivity index (χ2n) is 3.87. The van der Waals surface area contributed by atoms with Crippen molar-refractivity contribution in [3.05, 3.63) is 29.8 Å². The van der Waals surface area contributed by atoms with Crippen LogP contribution in [0.3, 0.4) is 0 Å². The van der Waals surface area contributed by atoms with E-state index in [2.05, 4.69) is 10.6 Å². The van der Waals surface area contributed by atoms with Crippen molar-refractivity contribution in [3.63, 3.8) is 0 Å². The van der Waals surface area contributed by atoms with Crippen molar-refractivity contribution >= 4 is 11.6 Å². The Hall–Kier alpha value is -1.55. The Kier molecular flexibility index (Phi) is 4.79. The van der Waals surface area contributed by atoms with Crippen LogP contribution in [0.1, 0.15) is 5.56 Å². The Labute approximate surface area is 96.6 Å². The van der Waals surface area contributed by atoms with Gasteiger partial charge in [-0.05, 0) is 24.7 Å². The van der Waals surface area contributed by atoms with E-state index in [9.17, 15) is 4.79 Å². The smallest absolute Gasteiger partial charge is 0.234 e. The molecule has 0 heterocycles. The fourth-order valence-corrected chi connectivity index (χ4v) is 1.34. The van der Waals surface area contributed by atoms with Gasteiger partial charge in [-0.1, -0.05) is 12.1 Å². The monoisotopic (exact) mass is 221 g/mol. The number of nitrogens with one attached hydrogen (secondary N) is 2. The summed E-state index contributed by atoms with van der Waals surface area (Å²) in [5.74, 6) is 0.0131. The van der Waals surface area contributed by atoms with Crippen molar-refractivity contribution in [1.29, 1.82) is 0 Å². The lowest BCUT2D eigenvalue weighted by atomic mass is 10.2. The second-order valence-corrected chi connectivity index (χ2v) is 3.87. The SMILES string of the molecule is CNCC(=O)NCc1ccc(N(C)C)cc1. The number of rotatable bonds is 5. The molecule has 0 aliphatic rings. The summed E-state index contributed by atoms with van der Waals surface area (Å²) in [7, 11) is 5.76. The lowest BCUT2D eigenvalue weighted by Gasteiger charge is -2.12. The van der Waals surface area contributed by atoms with Crippen molar-refractivity contribution in [2.75, 3.05) is 32.6 Å². The molecular formula is C12H19N3O. The zero-order chi connectivity index (χ0) is 12.0. The first-order chi connectivity index (χ1) is 7.63. The summed E-state index contributed by atoms with van der Waals surface area (Å²) in [5, 5.41) is 5.64. The fourth-order valence-electron chi connectivity index (χ4n) is 1.34. The first-order valence-corrected chi connectivity index (χ1v) is 5.31. The molecule has 1 amide bonds. The molecular weight excluding hydrogens is 202 g/mol. The van der Waals surface area contributed by atoms with Crippen LogP contribution < -0.4 is 15.5 Å². The molecule has 0 bridgehead atoms. The van der Waals surface area contributed by atoms with Crippen molar-refractivity contribution < 1.29 is 4.79 Å². The highest BCUT2D eigenvalue weighted by Gasteiger charge is 1.99. The Balaban J connectivity index is 2.46. The molecule has 1 aromatic rings. The molecule has 0 fully saturated rings. The lowest BCUT2D eigenvalue weighted by molar-refractivity contribution is -0.120. The lowest BCUT2D eigenvalue weighted by Crippen LogP contribution is -2.31. The first kappa shape index (κ1) is 12.5. The number of nitrogens with zero attached hydrogens (tertiary/aromatic N) is 1. The van der Waals surface area contributed by atoms with Crippen LogP contribution in [0.25, 0.3) is 0 Å². The van der Waals surface area contributed by atoms with Gasteiger partial charge in [0.15, 0.2) is 0 Å². The Morgan fingerprint density at radius 3 is 2.38 bits per heavy atom. The number of likely N-dealkylation sites (N-methyl/N-ethyl adjacent to an activating group) is 1. The van der Waals surface area contributed by atoms with Crippen molar-refractivity contribution in [3.8, 4) is 0 Å². The number of hydrogen-bond acceptors (Lipinski definition) is 3. The molecule has 1 rings (SSSR count). The van der Waals surface area contributed by atoms with Gasteiger partial charge in [0.2, 0.25) is 5.91 Å². The van der Waals surface area contributed by atoms with E-state index in [-0.39, 0.29) is 5.91 Å². The van der Waals surface area contributed by atoms with Crippen molar-refractivity contribution in [1.82, 2.24) is 10.6 Å². The highest BCUT2D eigenvalue weighted by atomic mass is 16.1. The van der Waals surface area contributed by atoms with Crippen molar-refractivity contribution in [2.45, 2.75) is 6.54 Å². The minimum Gasteiger partial charge on any atom is -0.378 e. The van der Waals surface area contributed by atoms with Gasteiger partial charge in [0.25, 0.3) is 0 Å². The topological polar surface area (TPSA) is 44.4 Å². The standard InChI is InChI=1S/C12H19N3O/c1-13-9-12(16)14-8-10-4-6-11(7-5-10)15(2)3/h4-7,13H,8-9H2,1-3H3,(H,14,16). The van der Waals surface area contributed by atoms with Crippen LogP contribution in [0.4, 0.5) is 5.69 Å². The van der Waals surface area contributed by atoms with Gasteiger partial charge >= 0.3 is 0 Å². The van der Waals surface area contributed by atoms with Gasteiger partial charge in [-0.25, -0.2) is 0 Å².